The topological polar surface area (TPSA) is 9.23 Å². The first-order valence-electron chi connectivity index (χ1n) is 3.06. The highest BCUT2D eigenvalue weighted by Crippen LogP contribution is 2.17. The first-order valence-corrected chi connectivity index (χ1v) is 3.87. The standard InChI is InChI=1S/C6H16OSi/c1-5(2)6(3,4)7-8/h5H,1-4,8H3. The van der Waals surface area contributed by atoms with Crippen LogP contribution in [0.2, 0.25) is 0 Å². The van der Waals surface area contributed by atoms with Gasteiger partial charge in [0.05, 0.1) is 5.60 Å². The summed E-state index contributed by atoms with van der Waals surface area (Å²) in [6.07, 6.45) is 0. The highest BCUT2D eigenvalue weighted by atomic mass is 28.2. The van der Waals surface area contributed by atoms with Gasteiger partial charge in [-0.2, -0.15) is 0 Å². The van der Waals surface area contributed by atoms with Crippen LogP contribution in [0.15, 0.2) is 0 Å². The maximum absolute atomic E-state index is 5.34. The normalized spacial score (nSPS) is 13.1. The second-order valence-electron chi connectivity index (χ2n) is 2.96. The first kappa shape index (κ1) is 8.18. The van der Waals surface area contributed by atoms with Gasteiger partial charge in [-0.1, -0.05) is 13.8 Å². The predicted octanol–water partition coefficient (Wildman–Crippen LogP) is 0.718. The molecule has 0 rings (SSSR count). The van der Waals surface area contributed by atoms with Crippen molar-refractivity contribution in [3.8, 4) is 0 Å². The molecule has 0 spiro atoms. The Kier molecular flexibility index (Phi) is 2.70. The third kappa shape index (κ3) is 1.97. The molecule has 0 unspecified atom stereocenters. The van der Waals surface area contributed by atoms with E-state index in [1.807, 2.05) is 0 Å². The predicted molar refractivity (Wildman–Crippen MR) is 39.9 cm³/mol. The van der Waals surface area contributed by atoms with Gasteiger partial charge in [0.1, 0.15) is 10.5 Å². The van der Waals surface area contributed by atoms with Crippen molar-refractivity contribution in [1.29, 1.82) is 0 Å². The molecule has 0 amide bonds. The van der Waals surface area contributed by atoms with Crippen LogP contribution in [0.1, 0.15) is 27.7 Å². The molecule has 50 valence electrons. The summed E-state index contributed by atoms with van der Waals surface area (Å²) in [5, 5.41) is 0. The van der Waals surface area contributed by atoms with Crippen LogP contribution in [-0.2, 0) is 4.43 Å². The van der Waals surface area contributed by atoms with Crippen molar-refractivity contribution >= 4 is 10.5 Å². The Morgan fingerprint density at radius 1 is 1.38 bits per heavy atom. The van der Waals surface area contributed by atoms with Gasteiger partial charge in [0.2, 0.25) is 0 Å². The van der Waals surface area contributed by atoms with E-state index < -0.39 is 0 Å². The molecular weight excluding hydrogens is 116 g/mol. The van der Waals surface area contributed by atoms with Gasteiger partial charge in [-0.05, 0) is 19.8 Å². The smallest absolute Gasteiger partial charge is 0.146 e. The number of hydrogen-bond donors (Lipinski definition) is 0. The maximum Gasteiger partial charge on any atom is 0.146 e. The second-order valence-corrected chi connectivity index (χ2v) is 3.37. The summed E-state index contributed by atoms with van der Waals surface area (Å²) in [6.45, 7) is 8.62. The van der Waals surface area contributed by atoms with Crippen molar-refractivity contribution < 1.29 is 4.43 Å². The number of rotatable bonds is 2. The molecule has 0 heterocycles. The summed E-state index contributed by atoms with van der Waals surface area (Å²) in [7, 11) is 0.845. The summed E-state index contributed by atoms with van der Waals surface area (Å²) in [5.41, 5.74) is 0.103. The minimum Gasteiger partial charge on any atom is -0.423 e. The number of hydrogen-bond acceptors (Lipinski definition) is 1. The Hall–Kier alpha value is 0.177. The summed E-state index contributed by atoms with van der Waals surface area (Å²) in [4.78, 5) is 0. The van der Waals surface area contributed by atoms with Crippen LogP contribution in [0, 0.1) is 5.92 Å². The molecule has 2 heteroatoms. The van der Waals surface area contributed by atoms with Crippen LogP contribution in [0.5, 0.6) is 0 Å². The molecule has 0 radical (unpaired) electrons. The second kappa shape index (κ2) is 2.64. The van der Waals surface area contributed by atoms with Gasteiger partial charge in [0.15, 0.2) is 0 Å². The molecule has 0 N–H and O–H groups in total. The third-order valence-electron chi connectivity index (χ3n) is 1.92. The van der Waals surface area contributed by atoms with E-state index in [1.165, 1.54) is 0 Å². The maximum atomic E-state index is 5.34. The van der Waals surface area contributed by atoms with Crippen LogP contribution in [0.4, 0.5) is 0 Å². The fourth-order valence-corrected chi connectivity index (χ4v) is 0.707. The molecule has 0 saturated heterocycles. The van der Waals surface area contributed by atoms with E-state index >= 15 is 0 Å². The van der Waals surface area contributed by atoms with Crippen LogP contribution in [-0.4, -0.2) is 16.1 Å². The minimum atomic E-state index is 0.103. The molecule has 0 atom stereocenters. The quantitative estimate of drug-likeness (QED) is 0.503. The lowest BCUT2D eigenvalue weighted by atomic mass is 9.95. The van der Waals surface area contributed by atoms with Crippen LogP contribution < -0.4 is 0 Å². The molecule has 0 aliphatic rings. The van der Waals surface area contributed by atoms with Crippen molar-refractivity contribution in [2.75, 3.05) is 0 Å². The van der Waals surface area contributed by atoms with Crippen LogP contribution in [0.25, 0.3) is 0 Å². The Labute approximate surface area is 55.0 Å². The van der Waals surface area contributed by atoms with Crippen molar-refractivity contribution in [1.82, 2.24) is 0 Å². The minimum absolute atomic E-state index is 0.103. The Bertz CT molecular complexity index is 68.9. The molecular formula is C6H16OSi. The fourth-order valence-electron chi connectivity index (χ4n) is 0.236. The van der Waals surface area contributed by atoms with Gasteiger partial charge in [0.25, 0.3) is 0 Å². The summed E-state index contributed by atoms with van der Waals surface area (Å²) >= 11 is 0. The molecule has 0 aliphatic carbocycles. The van der Waals surface area contributed by atoms with E-state index in [9.17, 15) is 0 Å². The van der Waals surface area contributed by atoms with Crippen molar-refractivity contribution in [3.63, 3.8) is 0 Å². The van der Waals surface area contributed by atoms with Gasteiger partial charge in [-0.3, -0.25) is 0 Å². The highest BCUT2D eigenvalue weighted by Gasteiger charge is 2.19. The van der Waals surface area contributed by atoms with Crippen molar-refractivity contribution in [2.45, 2.75) is 33.3 Å². The van der Waals surface area contributed by atoms with Crippen LogP contribution in [0.3, 0.4) is 0 Å². The summed E-state index contributed by atoms with van der Waals surface area (Å²) in [6, 6.07) is 0. The van der Waals surface area contributed by atoms with Crippen LogP contribution >= 0.6 is 0 Å². The van der Waals surface area contributed by atoms with Crippen molar-refractivity contribution in [3.05, 3.63) is 0 Å². The van der Waals surface area contributed by atoms with Crippen molar-refractivity contribution in [2.24, 2.45) is 5.92 Å². The van der Waals surface area contributed by atoms with E-state index in [-0.39, 0.29) is 5.60 Å². The van der Waals surface area contributed by atoms with Gasteiger partial charge >= 0.3 is 0 Å². The lowest BCUT2D eigenvalue weighted by Gasteiger charge is -2.27. The van der Waals surface area contributed by atoms with E-state index in [4.69, 9.17) is 4.43 Å². The van der Waals surface area contributed by atoms with E-state index in [1.54, 1.807) is 0 Å². The molecule has 0 saturated carbocycles. The monoisotopic (exact) mass is 132 g/mol. The zero-order chi connectivity index (χ0) is 6.78. The molecule has 0 aromatic rings. The lowest BCUT2D eigenvalue weighted by Crippen LogP contribution is -2.29. The van der Waals surface area contributed by atoms with E-state index in [2.05, 4.69) is 27.7 Å². The SMILES string of the molecule is CC(C)C(C)(C)O[SiH3]. The molecule has 0 aromatic carbocycles. The zero-order valence-electron chi connectivity index (χ0n) is 6.49. The largest absolute Gasteiger partial charge is 0.423 e. The summed E-state index contributed by atoms with van der Waals surface area (Å²) in [5.74, 6) is 0.625. The average molecular weight is 132 g/mol. The highest BCUT2D eigenvalue weighted by molar-refractivity contribution is 5.98. The summed E-state index contributed by atoms with van der Waals surface area (Å²) < 4.78 is 5.34. The fraction of sp³-hybridized carbons (Fsp3) is 1.00. The molecule has 8 heavy (non-hydrogen) atoms. The Morgan fingerprint density at radius 3 is 1.75 bits per heavy atom. The molecule has 0 bridgehead atoms. The zero-order valence-corrected chi connectivity index (χ0v) is 8.49. The molecule has 0 fully saturated rings. The third-order valence-corrected chi connectivity index (χ3v) is 2.97. The lowest BCUT2D eigenvalue weighted by molar-refractivity contribution is 0.0707. The van der Waals surface area contributed by atoms with Gasteiger partial charge in [-0.25, -0.2) is 0 Å². The average Bonchev–Trinajstić information content (AvgIpc) is 1.67. The molecule has 0 aromatic heterocycles. The molecule has 1 nitrogen and oxygen atoms in total. The van der Waals surface area contributed by atoms with Gasteiger partial charge < -0.3 is 4.43 Å². The Balaban J connectivity index is 3.71. The van der Waals surface area contributed by atoms with E-state index in [0.717, 1.165) is 10.5 Å². The van der Waals surface area contributed by atoms with Gasteiger partial charge in [-0.15, -0.1) is 0 Å². The van der Waals surface area contributed by atoms with E-state index in [0.29, 0.717) is 5.92 Å². The van der Waals surface area contributed by atoms with Gasteiger partial charge in [0, 0.05) is 0 Å². The first-order chi connectivity index (χ1) is 3.50. The molecule has 0 aliphatic heterocycles. The Morgan fingerprint density at radius 2 is 1.75 bits per heavy atom.